The van der Waals surface area contributed by atoms with Crippen molar-refractivity contribution in [3.05, 3.63) is 40.2 Å². The maximum absolute atomic E-state index is 11.3. The van der Waals surface area contributed by atoms with Crippen molar-refractivity contribution < 1.29 is 4.92 Å². The second-order valence-corrected chi connectivity index (χ2v) is 7.14. The third-order valence-electron chi connectivity index (χ3n) is 4.45. The van der Waals surface area contributed by atoms with Crippen LogP contribution in [-0.2, 0) is 6.54 Å². The summed E-state index contributed by atoms with van der Waals surface area (Å²) in [5, 5.41) is 24.9. The molecule has 130 valence electrons. The van der Waals surface area contributed by atoms with E-state index >= 15 is 0 Å². The van der Waals surface area contributed by atoms with Gasteiger partial charge in [-0.25, -0.2) is 0 Å². The number of nitro groups is 1. The van der Waals surface area contributed by atoms with Gasteiger partial charge in [-0.15, -0.1) is 10.2 Å². The van der Waals surface area contributed by atoms with Crippen molar-refractivity contribution in [3.8, 4) is 10.6 Å². The minimum absolute atomic E-state index is 0.0570. The Hall–Kier alpha value is -2.39. The smallest absolute Gasteiger partial charge is 0.279 e. The molecule has 0 unspecified atom stereocenters. The molecular formula is C16H18N6O2S. The Bertz CT molecular complexity index is 897. The lowest BCUT2D eigenvalue weighted by Crippen LogP contribution is -2.25. The molecule has 0 radical (unpaired) electrons. The van der Waals surface area contributed by atoms with Gasteiger partial charge in [0.05, 0.1) is 17.0 Å². The Labute approximate surface area is 148 Å². The van der Waals surface area contributed by atoms with Crippen molar-refractivity contribution >= 4 is 22.0 Å². The highest BCUT2D eigenvalue weighted by molar-refractivity contribution is 7.19. The number of para-hydroxylation sites is 1. The summed E-state index contributed by atoms with van der Waals surface area (Å²) in [5.41, 5.74) is 0.574. The molecule has 0 atom stereocenters. The van der Waals surface area contributed by atoms with Gasteiger partial charge in [-0.05, 0) is 32.0 Å². The van der Waals surface area contributed by atoms with Crippen LogP contribution in [0.15, 0.2) is 24.3 Å². The van der Waals surface area contributed by atoms with Crippen LogP contribution in [0.5, 0.6) is 0 Å². The molecule has 1 aliphatic heterocycles. The lowest BCUT2D eigenvalue weighted by Gasteiger charge is -2.17. The van der Waals surface area contributed by atoms with Gasteiger partial charge in [0.1, 0.15) is 0 Å². The summed E-state index contributed by atoms with van der Waals surface area (Å²) in [5.74, 6) is 0.790. The van der Waals surface area contributed by atoms with Gasteiger partial charge in [-0.3, -0.25) is 15.0 Å². The summed E-state index contributed by atoms with van der Waals surface area (Å²) in [6.07, 6.45) is 4.98. The van der Waals surface area contributed by atoms with Crippen LogP contribution in [0.25, 0.3) is 15.5 Å². The number of benzene rings is 1. The lowest BCUT2D eigenvalue weighted by atomic mass is 10.2. The fourth-order valence-corrected chi connectivity index (χ4v) is 4.07. The van der Waals surface area contributed by atoms with E-state index in [9.17, 15) is 10.1 Å². The fourth-order valence-electron chi connectivity index (χ4n) is 3.17. The molecule has 1 saturated heterocycles. The largest absolute Gasteiger partial charge is 0.296 e. The monoisotopic (exact) mass is 358 g/mol. The number of nitrogens with zero attached hydrogens (tertiary/aromatic N) is 6. The molecule has 8 nitrogen and oxygen atoms in total. The zero-order chi connectivity index (χ0) is 17.2. The summed E-state index contributed by atoms with van der Waals surface area (Å²) in [6.45, 7) is 2.84. The molecule has 1 aromatic carbocycles. The minimum Gasteiger partial charge on any atom is -0.296 e. The van der Waals surface area contributed by atoms with Crippen LogP contribution in [0.4, 0.5) is 5.69 Å². The highest BCUT2D eigenvalue weighted by atomic mass is 32.1. The Morgan fingerprint density at radius 1 is 1.12 bits per heavy atom. The summed E-state index contributed by atoms with van der Waals surface area (Å²) in [6, 6.07) is 6.66. The molecule has 1 aliphatic rings. The van der Waals surface area contributed by atoms with E-state index in [1.807, 2.05) is 0 Å². The molecule has 0 amide bonds. The average Bonchev–Trinajstić information content (AvgIpc) is 3.09. The van der Waals surface area contributed by atoms with Gasteiger partial charge < -0.3 is 0 Å². The number of hydrogen-bond acceptors (Lipinski definition) is 7. The van der Waals surface area contributed by atoms with Gasteiger partial charge in [0.2, 0.25) is 4.96 Å². The predicted molar refractivity (Wildman–Crippen MR) is 94.5 cm³/mol. The zero-order valence-electron chi connectivity index (χ0n) is 13.7. The molecule has 0 aliphatic carbocycles. The number of nitro benzene ring substituents is 1. The second kappa shape index (κ2) is 6.85. The standard InChI is InChI=1S/C16H18N6O2S/c23-22(24)13-8-4-3-7-12(13)15-19-21-14(17-18-16(21)25-15)11-20-9-5-1-2-6-10-20/h3-4,7-8H,1-2,5-6,9-11H2. The van der Waals surface area contributed by atoms with E-state index in [0.29, 0.717) is 22.1 Å². The molecule has 0 bridgehead atoms. The number of fused-ring (bicyclic) bond motifs is 1. The van der Waals surface area contributed by atoms with Crippen LogP contribution >= 0.6 is 11.3 Å². The fraction of sp³-hybridized carbons (Fsp3) is 0.438. The van der Waals surface area contributed by atoms with E-state index in [-0.39, 0.29) is 10.6 Å². The van der Waals surface area contributed by atoms with Crippen LogP contribution < -0.4 is 0 Å². The number of likely N-dealkylation sites (tertiary alicyclic amines) is 1. The summed E-state index contributed by atoms with van der Waals surface area (Å²) >= 11 is 1.32. The SMILES string of the molecule is O=[N+]([O-])c1ccccc1-c1nn2c(CN3CCCCCC3)nnc2s1. The van der Waals surface area contributed by atoms with Gasteiger partial charge >= 0.3 is 0 Å². The van der Waals surface area contributed by atoms with E-state index in [1.165, 1.54) is 43.1 Å². The highest BCUT2D eigenvalue weighted by Crippen LogP contribution is 2.32. The van der Waals surface area contributed by atoms with Crippen molar-refractivity contribution in [2.45, 2.75) is 32.2 Å². The van der Waals surface area contributed by atoms with Crippen molar-refractivity contribution in [2.75, 3.05) is 13.1 Å². The third kappa shape index (κ3) is 3.24. The molecule has 9 heteroatoms. The normalized spacial score (nSPS) is 16.2. The van der Waals surface area contributed by atoms with E-state index in [1.54, 1.807) is 22.7 Å². The number of rotatable bonds is 4. The first kappa shape index (κ1) is 16.1. The van der Waals surface area contributed by atoms with Crippen molar-refractivity contribution in [1.82, 2.24) is 24.7 Å². The van der Waals surface area contributed by atoms with Crippen LogP contribution in [0.3, 0.4) is 0 Å². The molecule has 0 saturated carbocycles. The Balaban J connectivity index is 1.66. The first-order valence-corrected chi connectivity index (χ1v) is 9.21. The van der Waals surface area contributed by atoms with E-state index in [0.717, 1.165) is 18.9 Å². The summed E-state index contributed by atoms with van der Waals surface area (Å²) < 4.78 is 1.72. The molecule has 25 heavy (non-hydrogen) atoms. The van der Waals surface area contributed by atoms with Gasteiger partial charge in [0.25, 0.3) is 5.69 Å². The maximum Gasteiger partial charge on any atom is 0.279 e. The van der Waals surface area contributed by atoms with Gasteiger partial charge in [-0.2, -0.15) is 9.61 Å². The third-order valence-corrected chi connectivity index (χ3v) is 5.38. The lowest BCUT2D eigenvalue weighted by molar-refractivity contribution is -0.384. The average molecular weight is 358 g/mol. The molecule has 4 rings (SSSR count). The Kier molecular flexibility index (Phi) is 4.41. The van der Waals surface area contributed by atoms with E-state index < -0.39 is 0 Å². The molecule has 0 N–H and O–H groups in total. The van der Waals surface area contributed by atoms with Gasteiger partial charge in [0, 0.05) is 6.07 Å². The second-order valence-electron chi connectivity index (χ2n) is 6.18. The van der Waals surface area contributed by atoms with Crippen molar-refractivity contribution in [3.63, 3.8) is 0 Å². The van der Waals surface area contributed by atoms with Crippen LogP contribution in [0.2, 0.25) is 0 Å². The Morgan fingerprint density at radius 3 is 2.64 bits per heavy atom. The van der Waals surface area contributed by atoms with Crippen LogP contribution in [0, 0.1) is 10.1 Å². The number of aromatic nitrogens is 4. The summed E-state index contributed by atoms with van der Waals surface area (Å²) in [7, 11) is 0. The van der Waals surface area contributed by atoms with E-state index in [4.69, 9.17) is 0 Å². The number of hydrogen-bond donors (Lipinski definition) is 0. The molecule has 3 heterocycles. The minimum atomic E-state index is -0.379. The summed E-state index contributed by atoms with van der Waals surface area (Å²) in [4.78, 5) is 13.9. The first-order valence-electron chi connectivity index (χ1n) is 8.39. The topological polar surface area (TPSA) is 89.5 Å². The van der Waals surface area contributed by atoms with Crippen LogP contribution in [-0.4, -0.2) is 42.7 Å². The molecule has 0 spiro atoms. The van der Waals surface area contributed by atoms with Gasteiger partial charge in [-0.1, -0.05) is 36.3 Å². The van der Waals surface area contributed by atoms with Crippen molar-refractivity contribution in [1.29, 1.82) is 0 Å². The van der Waals surface area contributed by atoms with Gasteiger partial charge in [0.15, 0.2) is 10.8 Å². The molecule has 3 aromatic rings. The quantitative estimate of drug-likeness (QED) is 0.526. The predicted octanol–water partition coefficient (Wildman–Crippen LogP) is 3.14. The van der Waals surface area contributed by atoms with Crippen molar-refractivity contribution in [2.24, 2.45) is 0 Å². The molecule has 2 aromatic heterocycles. The van der Waals surface area contributed by atoms with Crippen LogP contribution in [0.1, 0.15) is 31.5 Å². The molecular weight excluding hydrogens is 340 g/mol. The zero-order valence-corrected chi connectivity index (χ0v) is 14.5. The highest BCUT2D eigenvalue weighted by Gasteiger charge is 2.21. The maximum atomic E-state index is 11.3. The van der Waals surface area contributed by atoms with E-state index in [2.05, 4.69) is 20.2 Å². The molecule has 1 fully saturated rings. The first-order chi connectivity index (χ1) is 12.2. The Morgan fingerprint density at radius 2 is 1.88 bits per heavy atom.